The molecule has 9 heteroatoms. The van der Waals surface area contributed by atoms with Gasteiger partial charge in [-0.05, 0) is 32.0 Å². The van der Waals surface area contributed by atoms with Crippen LogP contribution < -0.4 is 15.5 Å². The highest BCUT2D eigenvalue weighted by Crippen LogP contribution is 2.15. The van der Waals surface area contributed by atoms with Gasteiger partial charge in [0.2, 0.25) is 5.91 Å². The molecule has 2 heterocycles. The third kappa shape index (κ3) is 8.82. The smallest absolute Gasteiger partial charge is 0.244 e. The van der Waals surface area contributed by atoms with Gasteiger partial charge in [0, 0.05) is 58.0 Å². The van der Waals surface area contributed by atoms with Crippen LogP contribution in [0.15, 0.2) is 35.3 Å². The number of amides is 1. The molecule has 2 aliphatic rings. The number of carbonyl (C=O) groups is 1. The molecule has 0 bridgehead atoms. The number of carbonyl (C=O) groups excluding carboxylic acids is 1. The second kappa shape index (κ2) is 14.5. The fraction of sp³-hybridized carbons (Fsp3) is 0.636. The van der Waals surface area contributed by atoms with Crippen LogP contribution in [-0.4, -0.2) is 100 Å². The van der Waals surface area contributed by atoms with E-state index >= 15 is 0 Å². The summed E-state index contributed by atoms with van der Waals surface area (Å²) >= 11 is 0. The number of anilines is 1. The molecule has 0 spiro atoms. The first kappa shape index (κ1) is 25.7. The van der Waals surface area contributed by atoms with E-state index in [1.165, 1.54) is 5.69 Å². The van der Waals surface area contributed by atoms with Crippen LogP contribution in [0.2, 0.25) is 0 Å². The molecular weight excluding hydrogens is 507 g/mol. The van der Waals surface area contributed by atoms with Gasteiger partial charge in [0.15, 0.2) is 5.96 Å². The summed E-state index contributed by atoms with van der Waals surface area (Å²) in [6, 6.07) is 10.4. The molecule has 1 amide bonds. The summed E-state index contributed by atoms with van der Waals surface area (Å²) < 4.78 is 5.38. The SMILES string of the molecule is CCNC(=NCC(=O)N1CCN(c2ccccc2)CC1)NCCCN1CCOCC1.I. The minimum atomic E-state index is 0. The summed E-state index contributed by atoms with van der Waals surface area (Å²) in [5.74, 6) is 0.809. The number of aliphatic imine (C=N–C) groups is 1. The van der Waals surface area contributed by atoms with Crippen molar-refractivity contribution in [2.45, 2.75) is 13.3 Å². The summed E-state index contributed by atoms with van der Waals surface area (Å²) in [4.78, 5) is 23.8. The fourth-order valence-electron chi connectivity index (χ4n) is 3.78. The van der Waals surface area contributed by atoms with E-state index in [4.69, 9.17) is 4.74 Å². The van der Waals surface area contributed by atoms with Gasteiger partial charge in [-0.1, -0.05) is 18.2 Å². The monoisotopic (exact) mass is 544 g/mol. The lowest BCUT2D eigenvalue weighted by atomic mass is 10.2. The average molecular weight is 544 g/mol. The number of halogens is 1. The zero-order valence-corrected chi connectivity index (χ0v) is 20.9. The van der Waals surface area contributed by atoms with Crippen molar-refractivity contribution >= 4 is 41.5 Å². The van der Waals surface area contributed by atoms with Gasteiger partial charge in [0.05, 0.1) is 13.2 Å². The van der Waals surface area contributed by atoms with E-state index in [2.05, 4.69) is 49.7 Å². The number of ether oxygens (including phenoxy) is 1. The fourth-order valence-corrected chi connectivity index (χ4v) is 3.78. The normalized spacial score (nSPS) is 17.8. The summed E-state index contributed by atoms with van der Waals surface area (Å²) in [6.07, 6.45) is 1.04. The quantitative estimate of drug-likeness (QED) is 0.222. The van der Waals surface area contributed by atoms with Crippen LogP contribution in [0.4, 0.5) is 5.69 Å². The maximum Gasteiger partial charge on any atom is 0.244 e. The van der Waals surface area contributed by atoms with Crippen molar-refractivity contribution in [3.8, 4) is 0 Å². The molecule has 174 valence electrons. The molecule has 0 aliphatic carbocycles. The van der Waals surface area contributed by atoms with Crippen LogP contribution in [0.25, 0.3) is 0 Å². The Balaban J connectivity index is 0.00000341. The average Bonchev–Trinajstić information content (AvgIpc) is 2.81. The van der Waals surface area contributed by atoms with Crippen LogP contribution in [0.1, 0.15) is 13.3 Å². The summed E-state index contributed by atoms with van der Waals surface area (Å²) in [7, 11) is 0. The van der Waals surface area contributed by atoms with Crippen molar-refractivity contribution in [1.82, 2.24) is 20.4 Å². The third-order valence-corrected chi connectivity index (χ3v) is 5.52. The van der Waals surface area contributed by atoms with Crippen LogP contribution in [0, 0.1) is 0 Å². The molecule has 3 rings (SSSR count). The zero-order chi connectivity index (χ0) is 21.0. The molecule has 2 N–H and O–H groups in total. The van der Waals surface area contributed by atoms with E-state index in [-0.39, 0.29) is 36.4 Å². The van der Waals surface area contributed by atoms with Gasteiger partial charge < -0.3 is 25.2 Å². The molecule has 0 aromatic heterocycles. The van der Waals surface area contributed by atoms with Crippen LogP contribution >= 0.6 is 24.0 Å². The zero-order valence-electron chi connectivity index (χ0n) is 18.6. The van der Waals surface area contributed by atoms with Crippen molar-refractivity contribution in [3.05, 3.63) is 30.3 Å². The van der Waals surface area contributed by atoms with E-state index in [1.807, 2.05) is 17.9 Å². The highest BCUT2D eigenvalue weighted by Gasteiger charge is 2.21. The first-order valence-corrected chi connectivity index (χ1v) is 11.2. The number of para-hydroxylation sites is 1. The Morgan fingerprint density at radius 3 is 2.42 bits per heavy atom. The molecule has 1 aromatic rings. The lowest BCUT2D eigenvalue weighted by Gasteiger charge is -2.36. The Morgan fingerprint density at radius 2 is 1.74 bits per heavy atom. The highest BCUT2D eigenvalue weighted by molar-refractivity contribution is 14.0. The van der Waals surface area contributed by atoms with Gasteiger partial charge in [-0.15, -0.1) is 24.0 Å². The number of nitrogens with one attached hydrogen (secondary N) is 2. The molecule has 8 nitrogen and oxygen atoms in total. The van der Waals surface area contributed by atoms with Crippen molar-refractivity contribution < 1.29 is 9.53 Å². The van der Waals surface area contributed by atoms with E-state index in [9.17, 15) is 4.79 Å². The van der Waals surface area contributed by atoms with Gasteiger partial charge in [-0.25, -0.2) is 4.99 Å². The standard InChI is InChI=1S/C22H36N6O2.HI/c1-2-23-22(24-9-6-10-26-15-17-30-18-16-26)25-19-21(29)28-13-11-27(12-14-28)20-7-4-3-5-8-20;/h3-5,7-8H,2,6,9-19H2,1H3,(H2,23,24,25);1H. The Morgan fingerprint density at radius 1 is 1.03 bits per heavy atom. The first-order chi connectivity index (χ1) is 14.8. The van der Waals surface area contributed by atoms with Crippen molar-refractivity contribution in [2.75, 3.05) is 83.6 Å². The Labute approximate surface area is 203 Å². The first-order valence-electron chi connectivity index (χ1n) is 11.2. The number of morpholine rings is 1. The second-order valence-corrected chi connectivity index (χ2v) is 7.63. The molecule has 0 saturated carbocycles. The van der Waals surface area contributed by atoms with E-state index in [1.54, 1.807) is 0 Å². The van der Waals surface area contributed by atoms with Gasteiger partial charge in [0.25, 0.3) is 0 Å². The number of hydrogen-bond acceptors (Lipinski definition) is 5. The summed E-state index contributed by atoms with van der Waals surface area (Å²) in [6.45, 7) is 11.8. The minimum Gasteiger partial charge on any atom is -0.379 e. The van der Waals surface area contributed by atoms with Gasteiger partial charge in [-0.2, -0.15) is 0 Å². The van der Waals surface area contributed by atoms with Crippen LogP contribution in [-0.2, 0) is 9.53 Å². The van der Waals surface area contributed by atoms with E-state index < -0.39 is 0 Å². The van der Waals surface area contributed by atoms with Crippen molar-refractivity contribution in [1.29, 1.82) is 0 Å². The van der Waals surface area contributed by atoms with Gasteiger partial charge in [-0.3, -0.25) is 9.69 Å². The van der Waals surface area contributed by atoms with Crippen LogP contribution in [0.3, 0.4) is 0 Å². The maximum absolute atomic E-state index is 12.6. The summed E-state index contributed by atoms with van der Waals surface area (Å²) in [5.41, 5.74) is 1.22. The number of rotatable bonds is 8. The number of hydrogen-bond donors (Lipinski definition) is 2. The highest BCUT2D eigenvalue weighted by atomic mass is 127. The maximum atomic E-state index is 12.6. The Hall–Kier alpha value is -1.59. The van der Waals surface area contributed by atoms with Crippen molar-refractivity contribution in [3.63, 3.8) is 0 Å². The molecule has 31 heavy (non-hydrogen) atoms. The predicted octanol–water partition coefficient (Wildman–Crippen LogP) is 1.23. The number of piperazine rings is 1. The number of guanidine groups is 1. The topological polar surface area (TPSA) is 72.4 Å². The minimum absolute atomic E-state index is 0. The third-order valence-electron chi connectivity index (χ3n) is 5.52. The van der Waals surface area contributed by atoms with Gasteiger partial charge >= 0.3 is 0 Å². The Bertz CT molecular complexity index is 661. The van der Waals surface area contributed by atoms with E-state index in [0.29, 0.717) is 0 Å². The molecule has 2 saturated heterocycles. The predicted molar refractivity (Wildman–Crippen MR) is 137 cm³/mol. The number of benzene rings is 1. The number of nitrogens with zero attached hydrogens (tertiary/aromatic N) is 4. The molecule has 1 aromatic carbocycles. The molecule has 0 atom stereocenters. The molecule has 2 aliphatic heterocycles. The van der Waals surface area contributed by atoms with Crippen LogP contribution in [0.5, 0.6) is 0 Å². The summed E-state index contributed by atoms with van der Waals surface area (Å²) in [5, 5.41) is 6.58. The Kier molecular flexibility index (Phi) is 12.0. The molecule has 2 fully saturated rings. The lowest BCUT2D eigenvalue weighted by molar-refractivity contribution is -0.129. The molecular formula is C22H37IN6O2. The van der Waals surface area contributed by atoms with E-state index in [0.717, 1.165) is 84.5 Å². The largest absolute Gasteiger partial charge is 0.379 e. The lowest BCUT2D eigenvalue weighted by Crippen LogP contribution is -2.49. The molecule has 0 radical (unpaired) electrons. The van der Waals surface area contributed by atoms with Crippen molar-refractivity contribution in [2.24, 2.45) is 4.99 Å². The second-order valence-electron chi connectivity index (χ2n) is 7.63. The van der Waals surface area contributed by atoms with Gasteiger partial charge in [0.1, 0.15) is 6.54 Å². The molecule has 0 unspecified atom stereocenters.